The van der Waals surface area contributed by atoms with Crippen molar-refractivity contribution in [1.29, 1.82) is 0 Å². The molecule has 0 heterocycles. The van der Waals surface area contributed by atoms with Gasteiger partial charge in [0.15, 0.2) is 0 Å². The van der Waals surface area contributed by atoms with Crippen LogP contribution in [0.15, 0.2) is 0 Å². The number of hydrogen-bond donors (Lipinski definition) is 3. The van der Waals surface area contributed by atoms with Crippen molar-refractivity contribution in [3.8, 4) is 0 Å². The first-order valence-electron chi connectivity index (χ1n) is 5.66. The third kappa shape index (κ3) is 9.83. The van der Waals surface area contributed by atoms with E-state index in [9.17, 15) is 9.59 Å². The van der Waals surface area contributed by atoms with Gasteiger partial charge in [0.05, 0.1) is 5.25 Å². The van der Waals surface area contributed by atoms with E-state index in [2.05, 4.69) is 12.6 Å². The number of hydrogen-bond acceptors (Lipinski definition) is 3. The summed E-state index contributed by atoms with van der Waals surface area (Å²) in [6, 6.07) is 0. The van der Waals surface area contributed by atoms with Crippen LogP contribution in [0.2, 0.25) is 0 Å². The molecule has 4 nitrogen and oxygen atoms in total. The van der Waals surface area contributed by atoms with Crippen molar-refractivity contribution >= 4 is 24.6 Å². The Bertz CT molecular complexity index is 218. The minimum Gasteiger partial charge on any atom is -0.481 e. The molecule has 94 valence electrons. The molecule has 0 saturated heterocycles. The monoisotopic (exact) mass is 248 g/mol. The maximum absolute atomic E-state index is 10.4. The lowest BCUT2D eigenvalue weighted by Gasteiger charge is -2.04. The molecule has 0 spiro atoms. The quantitative estimate of drug-likeness (QED) is 0.410. The molecule has 0 aliphatic carbocycles. The van der Waals surface area contributed by atoms with Crippen LogP contribution in [0.25, 0.3) is 0 Å². The molecule has 0 aliphatic rings. The number of aliphatic carboxylic acids is 2. The summed E-state index contributed by atoms with van der Waals surface area (Å²) in [5.41, 5.74) is 0. The van der Waals surface area contributed by atoms with Gasteiger partial charge in [0.2, 0.25) is 0 Å². The molecule has 16 heavy (non-hydrogen) atoms. The lowest BCUT2D eigenvalue weighted by molar-refractivity contribution is -0.137. The highest BCUT2D eigenvalue weighted by atomic mass is 32.1. The van der Waals surface area contributed by atoms with Crippen molar-refractivity contribution in [2.45, 2.75) is 56.6 Å². The average Bonchev–Trinajstić information content (AvgIpc) is 2.21. The summed E-state index contributed by atoms with van der Waals surface area (Å²) in [5, 5.41) is 16.4. The minimum absolute atomic E-state index is 0.248. The van der Waals surface area contributed by atoms with Gasteiger partial charge in [-0.2, -0.15) is 12.6 Å². The zero-order valence-electron chi connectivity index (χ0n) is 9.39. The highest BCUT2D eigenvalue weighted by Gasteiger charge is 2.10. The van der Waals surface area contributed by atoms with Crippen molar-refractivity contribution in [3.63, 3.8) is 0 Å². The highest BCUT2D eigenvalue weighted by Crippen LogP contribution is 2.12. The summed E-state index contributed by atoms with van der Waals surface area (Å²) in [7, 11) is 0. The Morgan fingerprint density at radius 3 is 1.94 bits per heavy atom. The van der Waals surface area contributed by atoms with E-state index < -0.39 is 17.2 Å². The molecule has 1 unspecified atom stereocenters. The molecular weight excluding hydrogens is 228 g/mol. The fraction of sp³-hybridized carbons (Fsp3) is 0.818. The van der Waals surface area contributed by atoms with Gasteiger partial charge in [-0.15, -0.1) is 0 Å². The average molecular weight is 248 g/mol. The van der Waals surface area contributed by atoms with Crippen LogP contribution in [0, 0.1) is 0 Å². The van der Waals surface area contributed by atoms with Gasteiger partial charge < -0.3 is 10.2 Å². The van der Waals surface area contributed by atoms with Gasteiger partial charge in [-0.25, -0.2) is 0 Å². The van der Waals surface area contributed by atoms with E-state index in [1.54, 1.807) is 0 Å². The van der Waals surface area contributed by atoms with E-state index >= 15 is 0 Å². The van der Waals surface area contributed by atoms with Crippen molar-refractivity contribution < 1.29 is 19.8 Å². The Labute approximate surface area is 101 Å². The van der Waals surface area contributed by atoms with Crippen LogP contribution in [0.3, 0.4) is 0 Å². The molecule has 0 radical (unpaired) electrons. The van der Waals surface area contributed by atoms with Gasteiger partial charge in [0.1, 0.15) is 0 Å². The largest absolute Gasteiger partial charge is 0.481 e. The first-order chi connectivity index (χ1) is 7.54. The van der Waals surface area contributed by atoms with Crippen molar-refractivity contribution in [2.75, 3.05) is 0 Å². The minimum atomic E-state index is -0.857. The molecule has 0 aromatic heterocycles. The maximum atomic E-state index is 10.4. The summed E-state index contributed by atoms with van der Waals surface area (Å²) in [5.74, 6) is -1.59. The van der Waals surface area contributed by atoms with E-state index in [-0.39, 0.29) is 6.42 Å². The normalized spacial score (nSPS) is 12.3. The summed E-state index contributed by atoms with van der Waals surface area (Å²) < 4.78 is 0. The van der Waals surface area contributed by atoms with E-state index in [4.69, 9.17) is 10.2 Å². The summed E-state index contributed by atoms with van der Waals surface area (Å²) in [6.45, 7) is 0. The summed E-state index contributed by atoms with van der Waals surface area (Å²) in [4.78, 5) is 20.6. The molecule has 0 bridgehead atoms. The SMILES string of the molecule is O=C(O)CCCCCCCCC(S)C(=O)O. The fourth-order valence-electron chi connectivity index (χ4n) is 1.44. The molecule has 5 heteroatoms. The molecule has 1 atom stereocenters. The second kappa shape index (κ2) is 9.51. The standard InChI is InChI=1S/C11H20O4S/c12-10(13)8-6-4-2-1-3-5-7-9(16)11(14)15/h9,16H,1-8H2,(H,12,13)(H,14,15). The van der Waals surface area contributed by atoms with Gasteiger partial charge in [-0.05, 0) is 12.8 Å². The summed E-state index contributed by atoms with van der Waals surface area (Å²) in [6.07, 6.45) is 6.47. The number of thiol groups is 1. The van der Waals surface area contributed by atoms with Gasteiger partial charge in [0.25, 0.3) is 0 Å². The second-order valence-corrected chi connectivity index (χ2v) is 4.53. The molecule has 0 amide bonds. The van der Waals surface area contributed by atoms with Crippen molar-refractivity contribution in [2.24, 2.45) is 0 Å². The number of unbranched alkanes of at least 4 members (excludes halogenated alkanes) is 5. The predicted molar refractivity (Wildman–Crippen MR) is 65.0 cm³/mol. The summed E-state index contributed by atoms with van der Waals surface area (Å²) >= 11 is 3.94. The van der Waals surface area contributed by atoms with Crippen LogP contribution < -0.4 is 0 Å². The fourth-order valence-corrected chi connectivity index (χ4v) is 1.63. The topological polar surface area (TPSA) is 74.6 Å². The first-order valence-corrected chi connectivity index (χ1v) is 6.18. The Hall–Kier alpha value is -0.710. The van der Waals surface area contributed by atoms with Crippen molar-refractivity contribution in [1.82, 2.24) is 0 Å². The Kier molecular flexibility index (Phi) is 9.09. The molecule has 0 rings (SSSR count). The van der Waals surface area contributed by atoms with E-state index in [0.29, 0.717) is 6.42 Å². The van der Waals surface area contributed by atoms with Crippen LogP contribution >= 0.6 is 12.6 Å². The first kappa shape index (κ1) is 15.3. The van der Waals surface area contributed by atoms with Crippen molar-refractivity contribution in [3.05, 3.63) is 0 Å². The van der Waals surface area contributed by atoms with E-state index in [1.165, 1.54) is 0 Å². The third-order valence-electron chi connectivity index (χ3n) is 2.40. The van der Waals surface area contributed by atoms with Crippen LogP contribution in [-0.4, -0.2) is 27.4 Å². The third-order valence-corrected chi connectivity index (χ3v) is 2.88. The number of carboxylic acid groups (broad SMARTS) is 2. The molecule has 0 aromatic rings. The molecule has 0 saturated carbocycles. The highest BCUT2D eigenvalue weighted by molar-refractivity contribution is 7.81. The molecule has 0 fully saturated rings. The lowest BCUT2D eigenvalue weighted by atomic mass is 10.1. The molecular formula is C11H20O4S. The van der Waals surface area contributed by atoms with Gasteiger partial charge in [0, 0.05) is 6.42 Å². The zero-order valence-corrected chi connectivity index (χ0v) is 10.3. The number of carbonyl (C=O) groups is 2. The Balaban J connectivity index is 3.15. The van der Waals surface area contributed by atoms with Crippen LogP contribution in [0.5, 0.6) is 0 Å². The lowest BCUT2D eigenvalue weighted by Crippen LogP contribution is -2.12. The molecule has 0 aliphatic heterocycles. The second-order valence-electron chi connectivity index (χ2n) is 3.91. The number of rotatable bonds is 10. The Morgan fingerprint density at radius 2 is 1.44 bits per heavy atom. The van der Waals surface area contributed by atoms with Gasteiger partial charge in [-0.3, -0.25) is 9.59 Å². The van der Waals surface area contributed by atoms with Crippen LogP contribution in [0.1, 0.15) is 51.4 Å². The smallest absolute Gasteiger partial charge is 0.316 e. The van der Waals surface area contributed by atoms with Gasteiger partial charge in [-0.1, -0.05) is 32.1 Å². The molecule has 0 aromatic carbocycles. The zero-order chi connectivity index (χ0) is 12.4. The van der Waals surface area contributed by atoms with E-state index in [0.717, 1.165) is 38.5 Å². The van der Waals surface area contributed by atoms with E-state index in [1.807, 2.05) is 0 Å². The van der Waals surface area contributed by atoms with Gasteiger partial charge >= 0.3 is 11.9 Å². The van der Waals surface area contributed by atoms with Crippen LogP contribution in [0.4, 0.5) is 0 Å². The Morgan fingerprint density at radius 1 is 0.938 bits per heavy atom. The van der Waals surface area contributed by atoms with Crippen LogP contribution in [-0.2, 0) is 9.59 Å². The predicted octanol–water partition coefficient (Wildman–Crippen LogP) is 2.57. The number of carboxylic acids is 2. The molecule has 2 N–H and O–H groups in total. The maximum Gasteiger partial charge on any atom is 0.316 e.